The maximum absolute atomic E-state index is 14.7. The molecule has 0 aliphatic carbocycles. The molecular weight excluding hydrogens is 397 g/mol. The number of rotatable bonds is 5. The fourth-order valence-electron chi connectivity index (χ4n) is 2.44. The molecule has 0 spiro atoms. The molecule has 0 saturated heterocycles. The molecule has 0 bridgehead atoms. The lowest BCUT2D eigenvalue weighted by molar-refractivity contribution is -0.143. The summed E-state index contributed by atoms with van der Waals surface area (Å²) in [6.45, 7) is 11.6. The second-order valence-corrected chi connectivity index (χ2v) is 8.69. The van der Waals surface area contributed by atoms with Gasteiger partial charge in [-0.1, -0.05) is 13.0 Å². The van der Waals surface area contributed by atoms with Crippen molar-refractivity contribution in [3.63, 3.8) is 0 Å². The molecule has 0 fully saturated rings. The number of nitrogens with one attached hydrogen (secondary N) is 1. The largest absolute Gasteiger partial charge is 0.514 e. The average Bonchev–Trinajstić information content (AvgIpc) is 2.55. The molecule has 1 rings (SSSR count). The Morgan fingerprint density at radius 2 is 1.57 bits per heavy atom. The van der Waals surface area contributed by atoms with Gasteiger partial charge in [-0.05, 0) is 53.2 Å². The minimum Gasteiger partial charge on any atom is -0.467 e. The van der Waals surface area contributed by atoms with E-state index in [0.29, 0.717) is 0 Å². The third kappa shape index (κ3) is 8.26. The summed E-state index contributed by atoms with van der Waals surface area (Å²) in [5, 5.41) is 2.41. The topological polar surface area (TPSA) is 100 Å². The number of esters is 1. The van der Waals surface area contributed by atoms with Crippen molar-refractivity contribution in [1.82, 2.24) is 5.32 Å². The van der Waals surface area contributed by atoms with Crippen LogP contribution in [0.4, 0.5) is 14.0 Å². The van der Waals surface area contributed by atoms with Gasteiger partial charge in [0.1, 0.15) is 28.8 Å². The van der Waals surface area contributed by atoms with Crippen molar-refractivity contribution in [3.05, 3.63) is 29.6 Å². The number of amides is 1. The molecule has 1 aromatic carbocycles. The number of carbonyl (C=O) groups excluding carboxylic acids is 3. The first-order valence-electron chi connectivity index (χ1n) is 9.40. The van der Waals surface area contributed by atoms with Crippen LogP contribution in [0.5, 0.6) is 5.75 Å². The molecule has 8 nitrogen and oxygen atoms in total. The van der Waals surface area contributed by atoms with E-state index in [4.69, 9.17) is 18.9 Å². The molecule has 1 aromatic rings. The van der Waals surface area contributed by atoms with Crippen molar-refractivity contribution in [1.29, 1.82) is 0 Å². The Morgan fingerprint density at radius 1 is 1.00 bits per heavy atom. The van der Waals surface area contributed by atoms with E-state index >= 15 is 0 Å². The number of hydrogen-bond acceptors (Lipinski definition) is 7. The normalized spacial score (nSPS) is 13.6. The van der Waals surface area contributed by atoms with Crippen LogP contribution in [0.1, 0.15) is 59.9 Å². The summed E-state index contributed by atoms with van der Waals surface area (Å²) < 4.78 is 34.6. The molecule has 0 saturated carbocycles. The zero-order valence-electron chi connectivity index (χ0n) is 18.6. The fraction of sp³-hybridized carbons (Fsp3) is 0.571. The molecule has 9 heteroatoms. The molecule has 0 heterocycles. The van der Waals surface area contributed by atoms with Crippen LogP contribution in [0.2, 0.25) is 0 Å². The molecule has 1 N–H and O–H groups in total. The molecule has 2 atom stereocenters. The molecule has 0 radical (unpaired) electrons. The smallest absolute Gasteiger partial charge is 0.467 e. The molecule has 0 aliphatic heterocycles. The maximum atomic E-state index is 14.7. The number of benzene rings is 1. The zero-order valence-corrected chi connectivity index (χ0v) is 18.6. The minimum atomic E-state index is -1.20. The van der Waals surface area contributed by atoms with Gasteiger partial charge in [0.25, 0.3) is 0 Å². The van der Waals surface area contributed by atoms with Gasteiger partial charge in [0.15, 0.2) is 0 Å². The van der Waals surface area contributed by atoms with E-state index in [-0.39, 0.29) is 11.3 Å². The van der Waals surface area contributed by atoms with Crippen LogP contribution in [0, 0.1) is 5.82 Å². The van der Waals surface area contributed by atoms with Crippen LogP contribution in [0.15, 0.2) is 18.2 Å². The lowest BCUT2D eigenvalue weighted by atomic mass is 9.92. The lowest BCUT2D eigenvalue weighted by Gasteiger charge is -2.26. The van der Waals surface area contributed by atoms with Gasteiger partial charge in [-0.15, -0.1) is 0 Å². The Hall–Kier alpha value is -2.84. The molecule has 1 amide bonds. The predicted molar refractivity (Wildman–Crippen MR) is 107 cm³/mol. The molecule has 30 heavy (non-hydrogen) atoms. The van der Waals surface area contributed by atoms with Gasteiger partial charge in [0, 0.05) is 12.0 Å². The summed E-state index contributed by atoms with van der Waals surface area (Å²) in [7, 11) is 1.16. The third-order valence-electron chi connectivity index (χ3n) is 3.68. The number of halogens is 1. The fourth-order valence-corrected chi connectivity index (χ4v) is 2.44. The van der Waals surface area contributed by atoms with Gasteiger partial charge < -0.3 is 24.3 Å². The van der Waals surface area contributed by atoms with Gasteiger partial charge in [-0.25, -0.2) is 18.8 Å². The van der Waals surface area contributed by atoms with Crippen molar-refractivity contribution >= 4 is 18.2 Å². The first-order chi connectivity index (χ1) is 13.6. The zero-order chi connectivity index (χ0) is 23.3. The molecule has 2 unspecified atom stereocenters. The van der Waals surface area contributed by atoms with Crippen molar-refractivity contribution in [2.45, 2.75) is 71.6 Å². The lowest BCUT2D eigenvalue weighted by Crippen LogP contribution is -2.46. The van der Waals surface area contributed by atoms with Gasteiger partial charge in [-0.2, -0.15) is 0 Å². The highest BCUT2D eigenvalue weighted by atomic mass is 19.1. The summed E-state index contributed by atoms with van der Waals surface area (Å²) in [6, 6.07) is 2.52. The molecule has 0 aromatic heterocycles. The Labute approximate surface area is 176 Å². The SMILES string of the molecule is COC(=O)C(NC(=O)OC(C)(C)C)C(C)c1ccc(OC(=O)OC(C)(C)C)cc1F. The van der Waals surface area contributed by atoms with Crippen molar-refractivity contribution in [2.75, 3.05) is 7.11 Å². The van der Waals surface area contributed by atoms with E-state index < -0.39 is 47.2 Å². The van der Waals surface area contributed by atoms with Crippen LogP contribution >= 0.6 is 0 Å². The number of hydrogen-bond donors (Lipinski definition) is 1. The standard InChI is InChI=1S/C21H30FNO7/c1-12(16(17(24)27-8)23-18(25)29-20(2,3)4)14-10-9-13(11-15(14)22)28-19(26)30-21(5,6)7/h9-12,16H,1-8H3,(H,23,25). The van der Waals surface area contributed by atoms with Gasteiger partial charge in [-0.3, -0.25) is 0 Å². The number of carbonyl (C=O) groups is 3. The van der Waals surface area contributed by atoms with E-state index in [9.17, 15) is 18.8 Å². The van der Waals surface area contributed by atoms with E-state index in [2.05, 4.69) is 5.32 Å². The molecule has 0 aliphatic rings. The van der Waals surface area contributed by atoms with Gasteiger partial charge in [0.2, 0.25) is 0 Å². The van der Waals surface area contributed by atoms with Gasteiger partial charge >= 0.3 is 18.2 Å². The van der Waals surface area contributed by atoms with Crippen LogP contribution in [-0.4, -0.2) is 42.6 Å². The second kappa shape index (κ2) is 9.77. The monoisotopic (exact) mass is 427 g/mol. The third-order valence-corrected chi connectivity index (χ3v) is 3.68. The van der Waals surface area contributed by atoms with Crippen molar-refractivity contribution < 1.29 is 37.7 Å². The minimum absolute atomic E-state index is 0.0626. The van der Waals surface area contributed by atoms with Crippen LogP contribution in [-0.2, 0) is 19.0 Å². The number of ether oxygens (including phenoxy) is 4. The average molecular weight is 427 g/mol. The van der Waals surface area contributed by atoms with E-state index in [1.54, 1.807) is 48.5 Å². The maximum Gasteiger partial charge on any atom is 0.514 e. The highest BCUT2D eigenvalue weighted by Gasteiger charge is 2.32. The first kappa shape index (κ1) is 25.2. The highest BCUT2D eigenvalue weighted by molar-refractivity contribution is 5.82. The Kier molecular flexibility index (Phi) is 8.21. The summed E-state index contributed by atoms with van der Waals surface area (Å²) in [5.41, 5.74) is -1.43. The summed E-state index contributed by atoms with van der Waals surface area (Å²) in [4.78, 5) is 36.0. The summed E-state index contributed by atoms with van der Waals surface area (Å²) in [5.74, 6) is -2.36. The van der Waals surface area contributed by atoms with Gasteiger partial charge in [0.05, 0.1) is 7.11 Å². The number of alkyl carbamates (subject to hydrolysis) is 1. The summed E-state index contributed by atoms with van der Waals surface area (Å²) in [6.07, 6.45) is -1.81. The Morgan fingerprint density at radius 3 is 2.03 bits per heavy atom. The summed E-state index contributed by atoms with van der Waals surface area (Å²) >= 11 is 0. The Bertz CT molecular complexity index is 781. The van der Waals surface area contributed by atoms with Crippen LogP contribution < -0.4 is 10.1 Å². The van der Waals surface area contributed by atoms with E-state index in [0.717, 1.165) is 13.2 Å². The molecule has 168 valence electrons. The Balaban J connectivity index is 3.02. The first-order valence-corrected chi connectivity index (χ1v) is 9.40. The second-order valence-electron chi connectivity index (χ2n) is 8.69. The van der Waals surface area contributed by atoms with Crippen molar-refractivity contribution in [3.8, 4) is 5.75 Å². The van der Waals surface area contributed by atoms with E-state index in [1.807, 2.05) is 0 Å². The predicted octanol–water partition coefficient (Wildman–Crippen LogP) is 4.31. The quantitative estimate of drug-likeness (QED) is 0.424. The van der Waals surface area contributed by atoms with E-state index in [1.165, 1.54) is 12.1 Å². The highest BCUT2D eigenvalue weighted by Crippen LogP contribution is 2.27. The molecular formula is C21H30FNO7. The van der Waals surface area contributed by atoms with Crippen LogP contribution in [0.25, 0.3) is 0 Å². The number of methoxy groups -OCH3 is 1. The van der Waals surface area contributed by atoms with Crippen LogP contribution in [0.3, 0.4) is 0 Å². The van der Waals surface area contributed by atoms with Crippen molar-refractivity contribution in [2.24, 2.45) is 0 Å².